The lowest BCUT2D eigenvalue weighted by atomic mass is 10.1. The van der Waals surface area contributed by atoms with E-state index in [9.17, 15) is 9.59 Å². The fraction of sp³-hybridized carbons (Fsp3) is 0.238. The standard InChI is InChI=1S/C21H18O5/c1-13-9-10-16-15(12-13)18(22)20(26-21(23)17-8-5-11-24-17)19(25-16)14-6-3-2-4-7-14/h2-4,6-7,9-10,12,17H,5,8,11H2,1H3/t17-/m1/s1. The average molecular weight is 350 g/mol. The van der Waals surface area contributed by atoms with Gasteiger partial charge in [-0.15, -0.1) is 0 Å². The monoisotopic (exact) mass is 350 g/mol. The van der Waals surface area contributed by atoms with E-state index in [0.717, 1.165) is 12.0 Å². The minimum Gasteiger partial charge on any atom is -0.452 e. The zero-order valence-corrected chi connectivity index (χ0v) is 14.4. The minimum atomic E-state index is -0.633. The summed E-state index contributed by atoms with van der Waals surface area (Å²) in [4.78, 5) is 25.5. The minimum absolute atomic E-state index is 0.0881. The van der Waals surface area contributed by atoms with Crippen LogP contribution >= 0.6 is 0 Å². The Morgan fingerprint density at radius 1 is 1.15 bits per heavy atom. The molecule has 1 aliphatic rings. The summed E-state index contributed by atoms with van der Waals surface area (Å²) in [5.74, 6) is -0.396. The highest BCUT2D eigenvalue weighted by Gasteiger charge is 2.28. The summed E-state index contributed by atoms with van der Waals surface area (Å²) in [6.07, 6.45) is 0.764. The number of benzene rings is 2. The van der Waals surface area contributed by atoms with Gasteiger partial charge >= 0.3 is 5.97 Å². The first kappa shape index (κ1) is 16.5. The lowest BCUT2D eigenvalue weighted by molar-refractivity contribution is -0.144. The Bertz CT molecular complexity index is 1010. The Hall–Kier alpha value is -2.92. The van der Waals surface area contributed by atoms with Crippen molar-refractivity contribution >= 4 is 16.9 Å². The van der Waals surface area contributed by atoms with E-state index in [1.165, 1.54) is 0 Å². The number of aryl methyl sites for hydroxylation is 1. The van der Waals surface area contributed by atoms with Crippen molar-refractivity contribution in [3.63, 3.8) is 0 Å². The first-order chi connectivity index (χ1) is 12.6. The third kappa shape index (κ3) is 3.02. The Labute approximate surface area is 150 Å². The van der Waals surface area contributed by atoms with Gasteiger partial charge < -0.3 is 13.9 Å². The van der Waals surface area contributed by atoms with Gasteiger partial charge in [0, 0.05) is 12.2 Å². The van der Waals surface area contributed by atoms with Crippen LogP contribution in [0.2, 0.25) is 0 Å². The van der Waals surface area contributed by atoms with Gasteiger partial charge in [0.2, 0.25) is 11.2 Å². The fourth-order valence-corrected chi connectivity index (χ4v) is 3.09. The van der Waals surface area contributed by atoms with Gasteiger partial charge in [0.15, 0.2) is 11.9 Å². The van der Waals surface area contributed by atoms with Gasteiger partial charge in [-0.2, -0.15) is 0 Å². The first-order valence-corrected chi connectivity index (χ1v) is 8.59. The van der Waals surface area contributed by atoms with Crippen molar-refractivity contribution in [2.24, 2.45) is 0 Å². The molecule has 1 aliphatic heterocycles. The van der Waals surface area contributed by atoms with Crippen LogP contribution in [0.1, 0.15) is 18.4 Å². The lowest BCUT2D eigenvalue weighted by Gasteiger charge is -2.13. The topological polar surface area (TPSA) is 65.7 Å². The van der Waals surface area contributed by atoms with Crippen LogP contribution < -0.4 is 10.2 Å². The van der Waals surface area contributed by atoms with Crippen molar-refractivity contribution in [2.45, 2.75) is 25.9 Å². The first-order valence-electron chi connectivity index (χ1n) is 8.59. The number of rotatable bonds is 3. The molecule has 0 aliphatic carbocycles. The van der Waals surface area contributed by atoms with E-state index in [-0.39, 0.29) is 16.9 Å². The molecule has 0 unspecified atom stereocenters. The van der Waals surface area contributed by atoms with Crippen LogP contribution in [0.3, 0.4) is 0 Å². The summed E-state index contributed by atoms with van der Waals surface area (Å²) in [7, 11) is 0. The maximum Gasteiger partial charge on any atom is 0.340 e. The van der Waals surface area contributed by atoms with Gasteiger partial charge in [0.1, 0.15) is 5.58 Å². The van der Waals surface area contributed by atoms with Crippen LogP contribution in [0.4, 0.5) is 0 Å². The summed E-state index contributed by atoms with van der Waals surface area (Å²) < 4.78 is 16.8. The van der Waals surface area contributed by atoms with Crippen molar-refractivity contribution < 1.29 is 18.7 Å². The molecule has 0 saturated carbocycles. The second-order valence-electron chi connectivity index (χ2n) is 6.38. The third-order valence-corrected chi connectivity index (χ3v) is 4.44. The van der Waals surface area contributed by atoms with E-state index in [2.05, 4.69) is 0 Å². The van der Waals surface area contributed by atoms with Gasteiger partial charge in [0.25, 0.3) is 0 Å². The molecule has 3 aromatic rings. The van der Waals surface area contributed by atoms with Crippen LogP contribution in [0.5, 0.6) is 5.75 Å². The molecule has 0 radical (unpaired) electrons. The van der Waals surface area contributed by atoms with Crippen molar-refractivity contribution in [2.75, 3.05) is 6.61 Å². The molecule has 26 heavy (non-hydrogen) atoms. The van der Waals surface area contributed by atoms with E-state index in [1.54, 1.807) is 12.1 Å². The fourth-order valence-electron chi connectivity index (χ4n) is 3.09. The maximum atomic E-state index is 13.0. The number of hydrogen-bond donors (Lipinski definition) is 0. The predicted octanol–water partition coefficient (Wildman–Crippen LogP) is 3.85. The Morgan fingerprint density at radius 3 is 2.69 bits per heavy atom. The van der Waals surface area contributed by atoms with Crippen molar-refractivity contribution in [3.8, 4) is 17.1 Å². The molecule has 2 heterocycles. The van der Waals surface area contributed by atoms with Gasteiger partial charge in [-0.05, 0) is 31.9 Å². The van der Waals surface area contributed by atoms with Crippen LogP contribution in [-0.4, -0.2) is 18.7 Å². The van der Waals surface area contributed by atoms with E-state index in [0.29, 0.717) is 29.6 Å². The molecule has 0 spiro atoms. The highest BCUT2D eigenvalue weighted by Crippen LogP contribution is 2.31. The molecule has 0 N–H and O–H groups in total. The van der Waals surface area contributed by atoms with Crippen LogP contribution in [-0.2, 0) is 9.53 Å². The quantitative estimate of drug-likeness (QED) is 0.671. The second kappa shape index (κ2) is 6.77. The normalized spacial score (nSPS) is 16.7. The molecule has 2 aromatic carbocycles. The maximum absolute atomic E-state index is 13.0. The van der Waals surface area contributed by atoms with Crippen LogP contribution in [0.15, 0.2) is 57.7 Å². The lowest BCUT2D eigenvalue weighted by Crippen LogP contribution is -2.27. The second-order valence-corrected chi connectivity index (χ2v) is 6.38. The van der Waals surface area contributed by atoms with Crippen LogP contribution in [0, 0.1) is 6.92 Å². The third-order valence-electron chi connectivity index (χ3n) is 4.44. The number of carbonyl (C=O) groups excluding carboxylic acids is 1. The number of fused-ring (bicyclic) bond motifs is 1. The van der Waals surface area contributed by atoms with E-state index < -0.39 is 12.1 Å². The summed E-state index contributed by atoms with van der Waals surface area (Å²) in [5.41, 5.74) is 1.69. The largest absolute Gasteiger partial charge is 0.452 e. The molecule has 132 valence electrons. The molecule has 1 saturated heterocycles. The molecular formula is C21H18O5. The van der Waals surface area contributed by atoms with Gasteiger partial charge in [-0.3, -0.25) is 4.79 Å². The zero-order chi connectivity index (χ0) is 18.1. The summed E-state index contributed by atoms with van der Waals surface area (Å²) in [5, 5.41) is 0.389. The molecule has 0 bridgehead atoms. The molecule has 5 heteroatoms. The summed E-state index contributed by atoms with van der Waals surface area (Å²) in [6, 6.07) is 14.5. The highest BCUT2D eigenvalue weighted by molar-refractivity contribution is 5.85. The molecule has 0 amide bonds. The van der Waals surface area contributed by atoms with E-state index >= 15 is 0 Å². The molecule has 5 nitrogen and oxygen atoms in total. The smallest absolute Gasteiger partial charge is 0.340 e. The van der Waals surface area contributed by atoms with E-state index in [4.69, 9.17) is 13.9 Å². The molecule has 1 atom stereocenters. The molecule has 1 fully saturated rings. The van der Waals surface area contributed by atoms with Crippen molar-refractivity contribution in [1.29, 1.82) is 0 Å². The Kier molecular flexibility index (Phi) is 4.31. The summed E-state index contributed by atoms with van der Waals surface area (Å²) in [6.45, 7) is 2.42. The van der Waals surface area contributed by atoms with Gasteiger partial charge in [-0.25, -0.2) is 4.79 Å². The van der Waals surface area contributed by atoms with Crippen LogP contribution in [0.25, 0.3) is 22.3 Å². The number of esters is 1. The zero-order valence-electron chi connectivity index (χ0n) is 14.4. The Morgan fingerprint density at radius 2 is 1.96 bits per heavy atom. The van der Waals surface area contributed by atoms with E-state index in [1.807, 2.05) is 43.3 Å². The number of hydrogen-bond acceptors (Lipinski definition) is 5. The molecular weight excluding hydrogens is 332 g/mol. The number of carbonyl (C=O) groups is 1. The molecule has 4 rings (SSSR count). The van der Waals surface area contributed by atoms with Crippen molar-refractivity contribution in [1.82, 2.24) is 0 Å². The highest BCUT2D eigenvalue weighted by atomic mass is 16.6. The SMILES string of the molecule is Cc1ccc2oc(-c3ccccc3)c(OC(=O)[C@H]3CCCO3)c(=O)c2c1. The molecule has 1 aromatic heterocycles. The summed E-state index contributed by atoms with van der Waals surface area (Å²) >= 11 is 0. The number of ether oxygens (including phenoxy) is 2. The van der Waals surface area contributed by atoms with Gasteiger partial charge in [-0.1, -0.05) is 42.0 Å². The average Bonchev–Trinajstić information content (AvgIpc) is 3.20. The van der Waals surface area contributed by atoms with Gasteiger partial charge in [0.05, 0.1) is 5.39 Å². The predicted molar refractivity (Wildman–Crippen MR) is 97.3 cm³/mol. The van der Waals surface area contributed by atoms with Crippen molar-refractivity contribution in [3.05, 3.63) is 64.3 Å². The Balaban J connectivity index is 1.88.